The SMILES string of the molecule is CC(C=Cc1ccccc1F)=NNc1nc(-c2ccc(Cl)cc2Cl)cs1. The van der Waals surface area contributed by atoms with Crippen LogP contribution in [0.3, 0.4) is 0 Å². The molecule has 1 aromatic heterocycles. The van der Waals surface area contributed by atoms with E-state index in [1.54, 1.807) is 42.5 Å². The predicted octanol–water partition coefficient (Wildman–Crippen LogP) is 6.76. The number of benzene rings is 2. The Balaban J connectivity index is 1.69. The van der Waals surface area contributed by atoms with Gasteiger partial charge in [0, 0.05) is 21.5 Å². The van der Waals surface area contributed by atoms with Crippen LogP contribution < -0.4 is 5.43 Å². The van der Waals surface area contributed by atoms with Gasteiger partial charge in [-0.1, -0.05) is 47.5 Å². The number of halogens is 3. The minimum absolute atomic E-state index is 0.270. The molecule has 3 rings (SSSR count). The van der Waals surface area contributed by atoms with Crippen molar-refractivity contribution in [2.75, 3.05) is 5.43 Å². The van der Waals surface area contributed by atoms with Gasteiger partial charge in [0.2, 0.25) is 5.13 Å². The van der Waals surface area contributed by atoms with Crippen LogP contribution in [0.4, 0.5) is 9.52 Å². The van der Waals surface area contributed by atoms with E-state index in [2.05, 4.69) is 15.5 Å². The second kappa shape index (κ2) is 8.45. The molecule has 1 N–H and O–H groups in total. The van der Waals surface area contributed by atoms with Gasteiger partial charge in [0.15, 0.2) is 0 Å². The summed E-state index contributed by atoms with van der Waals surface area (Å²) in [7, 11) is 0. The lowest BCUT2D eigenvalue weighted by atomic mass is 10.2. The summed E-state index contributed by atoms with van der Waals surface area (Å²) in [5.41, 5.74) is 5.65. The van der Waals surface area contributed by atoms with Crippen molar-refractivity contribution in [2.45, 2.75) is 6.92 Å². The Kier molecular flexibility index (Phi) is 6.04. The molecular weight excluding hydrogens is 392 g/mol. The summed E-state index contributed by atoms with van der Waals surface area (Å²) in [6.07, 6.45) is 3.41. The van der Waals surface area contributed by atoms with Crippen molar-refractivity contribution in [3.05, 3.63) is 75.3 Å². The Hall–Kier alpha value is -2.21. The van der Waals surface area contributed by atoms with Gasteiger partial charge in [-0.25, -0.2) is 9.37 Å². The van der Waals surface area contributed by atoms with Crippen molar-refractivity contribution < 1.29 is 4.39 Å². The number of aromatic nitrogens is 1. The van der Waals surface area contributed by atoms with Gasteiger partial charge in [-0.05, 0) is 37.3 Å². The second-order valence-electron chi connectivity index (χ2n) is 5.38. The first-order valence-corrected chi connectivity index (χ1v) is 9.30. The van der Waals surface area contributed by atoms with E-state index in [1.165, 1.54) is 17.4 Å². The van der Waals surface area contributed by atoms with Gasteiger partial charge >= 0.3 is 0 Å². The van der Waals surface area contributed by atoms with E-state index in [1.807, 2.05) is 18.4 Å². The molecule has 0 atom stereocenters. The van der Waals surface area contributed by atoms with E-state index in [9.17, 15) is 4.39 Å². The molecule has 0 saturated heterocycles. The predicted molar refractivity (Wildman–Crippen MR) is 110 cm³/mol. The second-order valence-corrected chi connectivity index (χ2v) is 7.08. The average molecular weight is 406 g/mol. The van der Waals surface area contributed by atoms with Crippen LogP contribution in [0, 0.1) is 5.82 Å². The first kappa shape index (κ1) is 18.6. The number of thiazole rings is 1. The first-order valence-electron chi connectivity index (χ1n) is 7.67. The molecule has 0 saturated carbocycles. The fraction of sp³-hybridized carbons (Fsp3) is 0.0526. The Bertz CT molecular complexity index is 982. The molecule has 0 spiro atoms. The van der Waals surface area contributed by atoms with Crippen LogP contribution in [0.15, 0.2) is 59.0 Å². The molecule has 7 heteroatoms. The van der Waals surface area contributed by atoms with E-state index < -0.39 is 0 Å². The van der Waals surface area contributed by atoms with Crippen molar-refractivity contribution in [3.63, 3.8) is 0 Å². The van der Waals surface area contributed by atoms with Crippen molar-refractivity contribution in [3.8, 4) is 11.3 Å². The summed E-state index contributed by atoms with van der Waals surface area (Å²) in [5, 5.41) is 7.87. The lowest BCUT2D eigenvalue weighted by molar-refractivity contribution is 0.625. The van der Waals surface area contributed by atoms with E-state index in [0.29, 0.717) is 26.5 Å². The standard InChI is InChI=1S/C19H14Cl2FN3S/c1-12(6-7-13-4-2-3-5-17(13)22)24-25-19-23-18(11-26-19)15-9-8-14(20)10-16(15)21/h2-11H,1H3,(H,23,25). The molecule has 0 aliphatic carbocycles. The molecular formula is C19H14Cl2FN3S. The molecule has 0 unspecified atom stereocenters. The van der Waals surface area contributed by atoms with E-state index in [-0.39, 0.29) is 5.82 Å². The summed E-state index contributed by atoms with van der Waals surface area (Å²) in [4.78, 5) is 4.46. The zero-order chi connectivity index (χ0) is 18.5. The minimum Gasteiger partial charge on any atom is -0.252 e. The molecule has 2 aromatic carbocycles. The highest BCUT2D eigenvalue weighted by Crippen LogP contribution is 2.32. The zero-order valence-electron chi connectivity index (χ0n) is 13.7. The van der Waals surface area contributed by atoms with E-state index >= 15 is 0 Å². The number of rotatable bonds is 5. The lowest BCUT2D eigenvalue weighted by Crippen LogP contribution is -1.94. The van der Waals surface area contributed by atoms with Gasteiger partial charge in [-0.15, -0.1) is 11.3 Å². The number of hydrogen-bond acceptors (Lipinski definition) is 4. The van der Waals surface area contributed by atoms with Crippen LogP contribution in [-0.4, -0.2) is 10.7 Å². The molecule has 3 nitrogen and oxygen atoms in total. The van der Waals surface area contributed by atoms with Gasteiger partial charge in [-0.3, -0.25) is 5.43 Å². The summed E-state index contributed by atoms with van der Waals surface area (Å²) in [6.45, 7) is 1.81. The number of nitrogens with zero attached hydrogens (tertiary/aromatic N) is 2. The smallest absolute Gasteiger partial charge is 0.203 e. The van der Waals surface area contributed by atoms with Gasteiger partial charge in [-0.2, -0.15) is 5.10 Å². The molecule has 0 radical (unpaired) electrons. The number of hydrogen-bond donors (Lipinski definition) is 1. The summed E-state index contributed by atoms with van der Waals surface area (Å²) in [6, 6.07) is 11.8. The highest BCUT2D eigenvalue weighted by atomic mass is 35.5. The van der Waals surface area contributed by atoms with Crippen LogP contribution in [0.25, 0.3) is 17.3 Å². The van der Waals surface area contributed by atoms with Crippen LogP contribution in [0.5, 0.6) is 0 Å². The van der Waals surface area contributed by atoms with Crippen molar-refractivity contribution in [1.82, 2.24) is 4.98 Å². The van der Waals surface area contributed by atoms with Crippen LogP contribution in [0.2, 0.25) is 10.0 Å². The van der Waals surface area contributed by atoms with Gasteiger partial charge < -0.3 is 0 Å². The highest BCUT2D eigenvalue weighted by molar-refractivity contribution is 7.14. The molecule has 0 fully saturated rings. The van der Waals surface area contributed by atoms with E-state index in [0.717, 1.165) is 11.3 Å². The number of allylic oxidation sites excluding steroid dienone is 1. The maximum absolute atomic E-state index is 13.6. The topological polar surface area (TPSA) is 37.3 Å². The van der Waals surface area contributed by atoms with Gasteiger partial charge in [0.1, 0.15) is 5.82 Å². The number of nitrogens with one attached hydrogen (secondary N) is 1. The number of anilines is 1. The van der Waals surface area contributed by atoms with Crippen LogP contribution >= 0.6 is 34.5 Å². The third kappa shape index (κ3) is 4.69. The summed E-state index contributed by atoms with van der Waals surface area (Å²) in [5.74, 6) is -0.270. The fourth-order valence-electron chi connectivity index (χ4n) is 2.14. The monoisotopic (exact) mass is 405 g/mol. The van der Waals surface area contributed by atoms with Gasteiger partial charge in [0.05, 0.1) is 16.4 Å². The van der Waals surface area contributed by atoms with Crippen LogP contribution in [0.1, 0.15) is 12.5 Å². The quantitative estimate of drug-likeness (QED) is 0.376. The molecule has 0 aliphatic rings. The van der Waals surface area contributed by atoms with Crippen molar-refractivity contribution in [1.29, 1.82) is 0 Å². The Morgan fingerprint density at radius 2 is 2.04 bits per heavy atom. The zero-order valence-corrected chi connectivity index (χ0v) is 16.0. The molecule has 3 aromatic rings. The van der Waals surface area contributed by atoms with E-state index in [4.69, 9.17) is 23.2 Å². The lowest BCUT2D eigenvalue weighted by Gasteiger charge is -2.01. The van der Waals surface area contributed by atoms with Gasteiger partial charge in [0.25, 0.3) is 0 Å². The maximum Gasteiger partial charge on any atom is 0.203 e. The average Bonchev–Trinajstić information content (AvgIpc) is 3.08. The maximum atomic E-state index is 13.6. The minimum atomic E-state index is -0.270. The molecule has 1 heterocycles. The largest absolute Gasteiger partial charge is 0.252 e. The normalized spacial score (nSPS) is 11.9. The Morgan fingerprint density at radius 1 is 1.23 bits per heavy atom. The molecule has 0 bridgehead atoms. The highest BCUT2D eigenvalue weighted by Gasteiger charge is 2.08. The summed E-state index contributed by atoms with van der Waals surface area (Å²) < 4.78 is 13.6. The van der Waals surface area contributed by atoms with Crippen molar-refractivity contribution >= 4 is 51.5 Å². The third-order valence-corrected chi connectivity index (χ3v) is 4.74. The summed E-state index contributed by atoms with van der Waals surface area (Å²) >= 11 is 13.5. The number of hydrazone groups is 1. The third-order valence-electron chi connectivity index (χ3n) is 3.45. The Labute approximate surface area is 164 Å². The molecule has 0 aliphatic heterocycles. The molecule has 26 heavy (non-hydrogen) atoms. The first-order chi connectivity index (χ1) is 12.5. The van der Waals surface area contributed by atoms with Crippen molar-refractivity contribution in [2.24, 2.45) is 5.10 Å². The molecule has 0 amide bonds. The fourth-order valence-corrected chi connectivity index (χ4v) is 3.30. The Morgan fingerprint density at radius 3 is 2.81 bits per heavy atom. The van der Waals surface area contributed by atoms with Crippen LogP contribution in [-0.2, 0) is 0 Å². The molecule has 132 valence electrons.